The molecule has 84 valence electrons. The van der Waals surface area contributed by atoms with E-state index in [9.17, 15) is 0 Å². The second-order valence-electron chi connectivity index (χ2n) is 4.69. The molecule has 1 fully saturated rings. The Labute approximate surface area is 104 Å². The standard InChI is InChI=1S/C12H13ClN2S/c1-7-4-9(5-7)15-11-6-8(13)2-3-10(11)14-12(15)16/h2-3,6-7,9H,4-5H2,1H3,(H,14,16). The Bertz CT molecular complexity index is 593. The molecule has 2 nitrogen and oxygen atoms in total. The van der Waals surface area contributed by atoms with Crippen molar-refractivity contribution in [1.29, 1.82) is 0 Å². The summed E-state index contributed by atoms with van der Waals surface area (Å²) >= 11 is 11.4. The highest BCUT2D eigenvalue weighted by Gasteiger charge is 2.28. The van der Waals surface area contributed by atoms with Gasteiger partial charge in [0, 0.05) is 11.1 Å². The number of rotatable bonds is 1. The van der Waals surface area contributed by atoms with E-state index >= 15 is 0 Å². The van der Waals surface area contributed by atoms with Crippen LogP contribution in [0.25, 0.3) is 11.0 Å². The Hall–Kier alpha value is -0.800. The quantitative estimate of drug-likeness (QED) is 0.750. The Morgan fingerprint density at radius 1 is 1.44 bits per heavy atom. The summed E-state index contributed by atoms with van der Waals surface area (Å²) in [7, 11) is 0. The first-order valence-electron chi connectivity index (χ1n) is 5.55. The second kappa shape index (κ2) is 3.60. The largest absolute Gasteiger partial charge is 0.331 e. The first-order valence-corrected chi connectivity index (χ1v) is 6.33. The molecule has 1 aromatic carbocycles. The van der Waals surface area contributed by atoms with Gasteiger partial charge in [0.2, 0.25) is 0 Å². The van der Waals surface area contributed by atoms with Crippen molar-refractivity contribution in [1.82, 2.24) is 9.55 Å². The van der Waals surface area contributed by atoms with Crippen molar-refractivity contribution in [2.75, 3.05) is 0 Å². The number of hydrogen-bond acceptors (Lipinski definition) is 1. The number of halogens is 1. The monoisotopic (exact) mass is 252 g/mol. The third-order valence-electron chi connectivity index (χ3n) is 3.39. The van der Waals surface area contributed by atoms with Gasteiger partial charge in [-0.2, -0.15) is 0 Å². The molecular formula is C12H13ClN2S. The van der Waals surface area contributed by atoms with Crippen molar-refractivity contribution < 1.29 is 0 Å². The van der Waals surface area contributed by atoms with Gasteiger partial charge in [-0.1, -0.05) is 18.5 Å². The van der Waals surface area contributed by atoms with E-state index in [2.05, 4.69) is 16.5 Å². The SMILES string of the molecule is CC1CC(n2c(=S)[nH]c3ccc(Cl)cc32)C1. The molecule has 0 atom stereocenters. The van der Waals surface area contributed by atoms with E-state index in [4.69, 9.17) is 23.8 Å². The van der Waals surface area contributed by atoms with Gasteiger partial charge in [0.1, 0.15) is 0 Å². The predicted molar refractivity (Wildman–Crippen MR) is 69.6 cm³/mol. The molecule has 0 aliphatic heterocycles. The van der Waals surface area contributed by atoms with Crippen LogP contribution in [0.1, 0.15) is 25.8 Å². The van der Waals surface area contributed by atoms with Crippen LogP contribution in [0.5, 0.6) is 0 Å². The second-order valence-corrected chi connectivity index (χ2v) is 5.52. The highest BCUT2D eigenvalue weighted by Crippen LogP contribution is 2.39. The number of imidazole rings is 1. The van der Waals surface area contributed by atoms with Crippen molar-refractivity contribution >= 4 is 34.9 Å². The number of fused-ring (bicyclic) bond motifs is 1. The first kappa shape index (κ1) is 10.4. The van der Waals surface area contributed by atoms with Crippen molar-refractivity contribution in [3.05, 3.63) is 28.0 Å². The number of nitrogens with one attached hydrogen (secondary N) is 1. The Kier molecular flexibility index (Phi) is 2.33. The number of aromatic amines is 1. The number of H-pyrrole nitrogens is 1. The van der Waals surface area contributed by atoms with Gasteiger partial charge in [0.15, 0.2) is 4.77 Å². The maximum atomic E-state index is 6.03. The van der Waals surface area contributed by atoms with Crippen molar-refractivity contribution in [3.63, 3.8) is 0 Å². The maximum absolute atomic E-state index is 6.03. The average molecular weight is 253 g/mol. The highest BCUT2D eigenvalue weighted by molar-refractivity contribution is 7.71. The molecule has 1 aromatic heterocycles. The van der Waals surface area contributed by atoms with Crippen LogP contribution in [0.2, 0.25) is 5.02 Å². The van der Waals surface area contributed by atoms with Gasteiger partial charge < -0.3 is 9.55 Å². The van der Waals surface area contributed by atoms with Crippen LogP contribution in [0, 0.1) is 10.7 Å². The van der Waals surface area contributed by atoms with E-state index in [0.717, 1.165) is 26.7 Å². The van der Waals surface area contributed by atoms with Crippen LogP contribution < -0.4 is 0 Å². The van der Waals surface area contributed by atoms with Crippen LogP contribution in [-0.2, 0) is 0 Å². The zero-order valence-corrected chi connectivity index (χ0v) is 10.6. The normalized spacial score (nSPS) is 24.6. The van der Waals surface area contributed by atoms with E-state index in [1.54, 1.807) is 0 Å². The summed E-state index contributed by atoms with van der Waals surface area (Å²) in [6.45, 7) is 2.28. The van der Waals surface area contributed by atoms with Gasteiger partial charge in [-0.3, -0.25) is 0 Å². The maximum Gasteiger partial charge on any atom is 0.178 e. The minimum absolute atomic E-state index is 0.551. The van der Waals surface area contributed by atoms with Crippen LogP contribution in [-0.4, -0.2) is 9.55 Å². The molecule has 2 aromatic rings. The fourth-order valence-corrected chi connectivity index (χ4v) is 3.05. The molecule has 1 heterocycles. The van der Waals surface area contributed by atoms with E-state index in [1.165, 1.54) is 12.8 Å². The minimum Gasteiger partial charge on any atom is -0.331 e. The van der Waals surface area contributed by atoms with Crippen molar-refractivity contribution in [3.8, 4) is 0 Å². The van der Waals surface area contributed by atoms with Gasteiger partial charge in [-0.05, 0) is 49.2 Å². The summed E-state index contributed by atoms with van der Waals surface area (Å²) in [5.74, 6) is 0.816. The summed E-state index contributed by atoms with van der Waals surface area (Å²) in [5.41, 5.74) is 2.21. The number of aromatic nitrogens is 2. The Morgan fingerprint density at radius 3 is 2.88 bits per heavy atom. The number of hydrogen-bond donors (Lipinski definition) is 1. The van der Waals surface area contributed by atoms with E-state index < -0.39 is 0 Å². The highest BCUT2D eigenvalue weighted by atomic mass is 35.5. The lowest BCUT2D eigenvalue weighted by molar-refractivity contribution is 0.219. The lowest BCUT2D eigenvalue weighted by atomic mass is 9.81. The smallest absolute Gasteiger partial charge is 0.178 e. The molecule has 0 unspecified atom stereocenters. The zero-order chi connectivity index (χ0) is 11.3. The lowest BCUT2D eigenvalue weighted by Crippen LogP contribution is -2.24. The molecular weight excluding hydrogens is 240 g/mol. The van der Waals surface area contributed by atoms with Gasteiger partial charge in [0.25, 0.3) is 0 Å². The summed E-state index contributed by atoms with van der Waals surface area (Å²) in [6, 6.07) is 6.43. The molecule has 4 heteroatoms. The predicted octanol–water partition coefficient (Wildman–Crippen LogP) is 4.32. The number of nitrogens with zero attached hydrogens (tertiary/aromatic N) is 1. The molecule has 3 rings (SSSR count). The summed E-state index contributed by atoms with van der Waals surface area (Å²) in [4.78, 5) is 3.24. The summed E-state index contributed by atoms with van der Waals surface area (Å²) < 4.78 is 3.03. The molecule has 0 amide bonds. The molecule has 0 saturated heterocycles. The first-order chi connectivity index (χ1) is 7.65. The number of benzene rings is 1. The Balaban J connectivity index is 2.18. The zero-order valence-electron chi connectivity index (χ0n) is 9.03. The van der Waals surface area contributed by atoms with Crippen LogP contribution in [0.15, 0.2) is 18.2 Å². The van der Waals surface area contributed by atoms with E-state index in [0.29, 0.717) is 6.04 Å². The molecule has 0 bridgehead atoms. The fourth-order valence-electron chi connectivity index (χ4n) is 2.53. The topological polar surface area (TPSA) is 20.7 Å². The molecule has 0 radical (unpaired) electrons. The van der Waals surface area contributed by atoms with Crippen LogP contribution >= 0.6 is 23.8 Å². The molecule has 1 N–H and O–H groups in total. The summed E-state index contributed by atoms with van der Waals surface area (Å²) in [6.07, 6.45) is 2.43. The van der Waals surface area contributed by atoms with Gasteiger partial charge in [0.05, 0.1) is 11.0 Å². The van der Waals surface area contributed by atoms with E-state index in [1.807, 2.05) is 18.2 Å². The lowest BCUT2D eigenvalue weighted by Gasteiger charge is -2.34. The molecule has 1 aliphatic rings. The summed E-state index contributed by atoms with van der Waals surface area (Å²) in [5, 5.41) is 0.766. The van der Waals surface area contributed by atoms with Crippen molar-refractivity contribution in [2.45, 2.75) is 25.8 Å². The van der Waals surface area contributed by atoms with Crippen LogP contribution in [0.4, 0.5) is 0 Å². The Morgan fingerprint density at radius 2 is 2.19 bits per heavy atom. The minimum atomic E-state index is 0.551. The van der Waals surface area contributed by atoms with Crippen LogP contribution in [0.3, 0.4) is 0 Å². The third-order valence-corrected chi connectivity index (χ3v) is 3.93. The molecule has 1 aliphatic carbocycles. The van der Waals surface area contributed by atoms with Crippen molar-refractivity contribution in [2.24, 2.45) is 5.92 Å². The third kappa shape index (κ3) is 1.50. The average Bonchev–Trinajstić information content (AvgIpc) is 2.49. The fraction of sp³-hybridized carbons (Fsp3) is 0.417. The van der Waals surface area contributed by atoms with E-state index in [-0.39, 0.29) is 0 Å². The van der Waals surface area contributed by atoms with Gasteiger partial charge >= 0.3 is 0 Å². The molecule has 16 heavy (non-hydrogen) atoms. The van der Waals surface area contributed by atoms with Gasteiger partial charge in [-0.25, -0.2) is 0 Å². The molecule has 1 saturated carbocycles. The van der Waals surface area contributed by atoms with Gasteiger partial charge in [-0.15, -0.1) is 0 Å². The molecule has 0 spiro atoms.